The Morgan fingerprint density at radius 1 is 0.490 bits per heavy atom. The standard InChI is InChI=1S/C48H96N2O/c1-9-11-13-15-17-19-21-23-25-27-29-31-33-35-38-47(39-36-34-32-30-28-26-24-22-20-18-16-14-12-10-2)46(6)45(5)44(4)43(3)42-49-48(51)40-37-41-50(7)8/h43-45H,9-42H2,1-8H3,(H,49,51). The van der Waals surface area contributed by atoms with Gasteiger partial charge in [-0.15, -0.1) is 0 Å². The van der Waals surface area contributed by atoms with Gasteiger partial charge in [0.1, 0.15) is 0 Å². The Labute approximate surface area is 323 Å². The SMILES string of the molecule is CCCCCCCCCCCCCCCCC(CCCCCCCCCCCCCCCC)=C(C)C(C)C(C)C(C)CNC(=O)CCCN(C)C. The number of rotatable bonds is 39. The normalized spacial score (nSPS) is 13.4. The van der Waals surface area contributed by atoms with Crippen LogP contribution in [0.15, 0.2) is 11.1 Å². The Balaban J connectivity index is 4.64. The molecule has 0 aliphatic heterocycles. The molecule has 51 heavy (non-hydrogen) atoms. The molecule has 304 valence electrons. The van der Waals surface area contributed by atoms with E-state index in [-0.39, 0.29) is 5.91 Å². The molecule has 0 radical (unpaired) electrons. The van der Waals surface area contributed by atoms with E-state index in [9.17, 15) is 4.79 Å². The molecule has 0 aliphatic carbocycles. The minimum atomic E-state index is 0.215. The molecule has 3 atom stereocenters. The molecule has 0 aromatic heterocycles. The molecule has 0 aromatic rings. The number of amides is 1. The summed E-state index contributed by atoms with van der Waals surface area (Å²) in [7, 11) is 4.15. The van der Waals surface area contributed by atoms with Gasteiger partial charge in [-0.3, -0.25) is 4.79 Å². The lowest BCUT2D eigenvalue weighted by Crippen LogP contribution is -2.33. The molecule has 0 spiro atoms. The molecule has 0 fully saturated rings. The predicted octanol–water partition coefficient (Wildman–Crippen LogP) is 15.4. The van der Waals surface area contributed by atoms with Gasteiger partial charge in [-0.25, -0.2) is 0 Å². The van der Waals surface area contributed by atoms with Crippen LogP contribution in [-0.4, -0.2) is 38.0 Å². The van der Waals surface area contributed by atoms with Crippen LogP contribution in [0, 0.1) is 17.8 Å². The van der Waals surface area contributed by atoms with Gasteiger partial charge in [-0.05, 0) is 77.4 Å². The first-order chi connectivity index (χ1) is 24.7. The molecule has 1 amide bonds. The van der Waals surface area contributed by atoms with Crippen molar-refractivity contribution in [2.24, 2.45) is 17.8 Å². The van der Waals surface area contributed by atoms with Crippen LogP contribution in [0.2, 0.25) is 0 Å². The minimum Gasteiger partial charge on any atom is -0.356 e. The van der Waals surface area contributed by atoms with Gasteiger partial charge >= 0.3 is 0 Å². The number of carbonyl (C=O) groups is 1. The molecule has 0 rings (SSSR count). The van der Waals surface area contributed by atoms with Gasteiger partial charge in [-0.2, -0.15) is 0 Å². The molecule has 0 heterocycles. The van der Waals surface area contributed by atoms with Gasteiger partial charge in [0.25, 0.3) is 0 Å². The van der Waals surface area contributed by atoms with E-state index in [0.29, 0.717) is 24.2 Å². The van der Waals surface area contributed by atoms with Gasteiger partial charge in [0.15, 0.2) is 0 Å². The van der Waals surface area contributed by atoms with Crippen LogP contribution < -0.4 is 5.32 Å². The highest BCUT2D eigenvalue weighted by Crippen LogP contribution is 2.32. The van der Waals surface area contributed by atoms with Crippen molar-refractivity contribution in [1.82, 2.24) is 10.2 Å². The lowest BCUT2D eigenvalue weighted by Gasteiger charge is -2.29. The van der Waals surface area contributed by atoms with Gasteiger partial charge in [0.2, 0.25) is 5.91 Å². The minimum absolute atomic E-state index is 0.215. The van der Waals surface area contributed by atoms with E-state index in [4.69, 9.17) is 0 Å². The van der Waals surface area contributed by atoms with Gasteiger partial charge in [0, 0.05) is 13.0 Å². The average molecular weight is 717 g/mol. The van der Waals surface area contributed by atoms with E-state index in [1.807, 2.05) is 0 Å². The fraction of sp³-hybridized carbons (Fsp3) is 0.938. The Morgan fingerprint density at radius 2 is 0.824 bits per heavy atom. The zero-order valence-electron chi connectivity index (χ0n) is 36.6. The molecule has 0 bridgehead atoms. The zero-order valence-corrected chi connectivity index (χ0v) is 36.6. The monoisotopic (exact) mass is 717 g/mol. The van der Waals surface area contributed by atoms with Crippen molar-refractivity contribution in [2.45, 2.75) is 247 Å². The molecule has 3 unspecified atom stereocenters. The summed E-state index contributed by atoms with van der Waals surface area (Å²) in [5.74, 6) is 1.83. The smallest absolute Gasteiger partial charge is 0.220 e. The number of unbranched alkanes of at least 4 members (excludes halogenated alkanes) is 26. The second-order valence-electron chi connectivity index (χ2n) is 17.3. The summed E-state index contributed by atoms with van der Waals surface area (Å²) >= 11 is 0. The highest BCUT2D eigenvalue weighted by atomic mass is 16.1. The average Bonchev–Trinajstić information content (AvgIpc) is 3.12. The van der Waals surface area contributed by atoms with Crippen molar-refractivity contribution in [3.63, 3.8) is 0 Å². The molecular formula is C48H96N2O. The summed E-state index contributed by atoms with van der Waals surface area (Å²) < 4.78 is 0. The van der Waals surface area contributed by atoms with Crippen LogP contribution in [0.1, 0.15) is 247 Å². The first kappa shape index (κ1) is 50.2. The lowest BCUT2D eigenvalue weighted by molar-refractivity contribution is -0.121. The first-order valence-corrected chi connectivity index (χ1v) is 23.3. The van der Waals surface area contributed by atoms with E-state index >= 15 is 0 Å². The quantitative estimate of drug-likeness (QED) is 0.0507. The summed E-state index contributed by atoms with van der Waals surface area (Å²) in [5, 5.41) is 3.25. The Morgan fingerprint density at radius 3 is 1.16 bits per heavy atom. The van der Waals surface area contributed by atoms with Gasteiger partial charge < -0.3 is 10.2 Å². The molecule has 0 aliphatic rings. The van der Waals surface area contributed by atoms with Crippen LogP contribution in [0.5, 0.6) is 0 Å². The van der Waals surface area contributed by atoms with E-state index in [1.165, 1.54) is 193 Å². The molecule has 0 aromatic carbocycles. The summed E-state index contributed by atoms with van der Waals surface area (Å²) in [6.07, 6.45) is 44.2. The maximum atomic E-state index is 12.4. The van der Waals surface area contributed by atoms with Crippen LogP contribution >= 0.6 is 0 Å². The third-order valence-electron chi connectivity index (χ3n) is 12.2. The van der Waals surface area contributed by atoms with E-state index in [1.54, 1.807) is 11.1 Å². The fourth-order valence-electron chi connectivity index (χ4n) is 7.90. The molecular weight excluding hydrogens is 621 g/mol. The van der Waals surface area contributed by atoms with Crippen LogP contribution in [0.3, 0.4) is 0 Å². The highest BCUT2D eigenvalue weighted by molar-refractivity contribution is 5.75. The first-order valence-electron chi connectivity index (χ1n) is 23.3. The fourth-order valence-corrected chi connectivity index (χ4v) is 7.90. The lowest BCUT2D eigenvalue weighted by atomic mass is 9.78. The third kappa shape index (κ3) is 32.3. The van der Waals surface area contributed by atoms with Crippen molar-refractivity contribution in [3.8, 4) is 0 Å². The zero-order chi connectivity index (χ0) is 37.8. The summed E-state index contributed by atoms with van der Waals surface area (Å²) in [4.78, 5) is 14.6. The maximum Gasteiger partial charge on any atom is 0.220 e. The van der Waals surface area contributed by atoms with Crippen molar-refractivity contribution in [2.75, 3.05) is 27.2 Å². The van der Waals surface area contributed by atoms with Crippen LogP contribution in [0.4, 0.5) is 0 Å². The number of nitrogens with zero attached hydrogens (tertiary/aromatic N) is 1. The molecule has 1 N–H and O–H groups in total. The van der Waals surface area contributed by atoms with E-state index < -0.39 is 0 Å². The Kier molecular flexibility index (Phi) is 36.9. The van der Waals surface area contributed by atoms with Crippen molar-refractivity contribution < 1.29 is 4.79 Å². The number of allylic oxidation sites excluding steroid dienone is 2. The summed E-state index contributed by atoms with van der Waals surface area (Å²) in [5.41, 5.74) is 3.43. The van der Waals surface area contributed by atoms with Gasteiger partial charge in [0.05, 0.1) is 0 Å². The van der Waals surface area contributed by atoms with Crippen molar-refractivity contribution in [3.05, 3.63) is 11.1 Å². The molecule has 0 saturated heterocycles. The predicted molar refractivity (Wildman–Crippen MR) is 231 cm³/mol. The topological polar surface area (TPSA) is 32.3 Å². The van der Waals surface area contributed by atoms with E-state index in [0.717, 1.165) is 19.5 Å². The second-order valence-corrected chi connectivity index (χ2v) is 17.3. The summed E-state index contributed by atoms with van der Waals surface area (Å²) in [6.45, 7) is 16.1. The molecule has 3 nitrogen and oxygen atoms in total. The summed E-state index contributed by atoms with van der Waals surface area (Å²) in [6, 6.07) is 0. The number of nitrogens with one attached hydrogen (secondary N) is 1. The number of hydrogen-bond donors (Lipinski definition) is 1. The Bertz CT molecular complexity index is 739. The largest absolute Gasteiger partial charge is 0.356 e. The molecule has 0 saturated carbocycles. The Hall–Kier alpha value is -0.830. The molecule has 3 heteroatoms. The number of carbonyl (C=O) groups excluding carboxylic acids is 1. The maximum absolute atomic E-state index is 12.4. The highest BCUT2D eigenvalue weighted by Gasteiger charge is 2.22. The van der Waals surface area contributed by atoms with Crippen LogP contribution in [0.25, 0.3) is 0 Å². The van der Waals surface area contributed by atoms with Crippen LogP contribution in [-0.2, 0) is 4.79 Å². The van der Waals surface area contributed by atoms with E-state index in [2.05, 4.69) is 65.9 Å². The van der Waals surface area contributed by atoms with Crippen molar-refractivity contribution >= 4 is 5.91 Å². The van der Waals surface area contributed by atoms with Gasteiger partial charge in [-0.1, -0.05) is 213 Å². The second kappa shape index (κ2) is 37.5. The number of hydrogen-bond acceptors (Lipinski definition) is 2. The third-order valence-corrected chi connectivity index (χ3v) is 12.2. The van der Waals surface area contributed by atoms with Crippen molar-refractivity contribution in [1.29, 1.82) is 0 Å².